The Bertz CT molecular complexity index is 572. The molecular formula is C16H26N4O5. The highest BCUT2D eigenvalue weighted by Gasteiger charge is 2.26. The number of nitrogens with zero attached hydrogens (tertiary/aromatic N) is 2. The number of rotatable bonds is 7. The number of aliphatic carboxylic acids is 1. The zero-order valence-electron chi connectivity index (χ0n) is 15.2. The lowest BCUT2D eigenvalue weighted by molar-refractivity contribution is -0.142. The van der Waals surface area contributed by atoms with Gasteiger partial charge in [-0.3, -0.25) is 9.69 Å². The van der Waals surface area contributed by atoms with Gasteiger partial charge in [-0.1, -0.05) is 13.8 Å². The average Bonchev–Trinajstić information content (AvgIpc) is 2.46. The maximum atomic E-state index is 12.2. The first-order valence-corrected chi connectivity index (χ1v) is 7.78. The van der Waals surface area contributed by atoms with Gasteiger partial charge in [0.1, 0.15) is 23.3 Å². The summed E-state index contributed by atoms with van der Waals surface area (Å²) in [6, 6.07) is 0.499. The van der Waals surface area contributed by atoms with Gasteiger partial charge in [-0.25, -0.2) is 9.59 Å². The van der Waals surface area contributed by atoms with Gasteiger partial charge in [0.05, 0.1) is 0 Å². The lowest BCUT2D eigenvalue weighted by Gasteiger charge is -2.25. The molecule has 0 aliphatic rings. The van der Waals surface area contributed by atoms with Gasteiger partial charge in [-0.2, -0.15) is 5.26 Å². The quantitative estimate of drug-likeness (QED) is 0.453. The minimum absolute atomic E-state index is 0.0277. The number of amides is 2. The van der Waals surface area contributed by atoms with Crippen molar-refractivity contribution in [3.63, 3.8) is 0 Å². The highest BCUT2D eigenvalue weighted by molar-refractivity contribution is 5.99. The normalized spacial score (nSPS) is 13.0. The van der Waals surface area contributed by atoms with Crippen LogP contribution in [0.4, 0.5) is 4.79 Å². The lowest BCUT2D eigenvalue weighted by atomic mass is 10.0. The molecule has 0 heterocycles. The molecule has 9 heteroatoms. The highest BCUT2D eigenvalue weighted by atomic mass is 16.6. The van der Waals surface area contributed by atoms with Gasteiger partial charge in [0.2, 0.25) is 0 Å². The second kappa shape index (κ2) is 9.64. The van der Waals surface area contributed by atoms with Crippen molar-refractivity contribution in [3.05, 3.63) is 11.8 Å². The number of carbonyl (C=O) groups excluding carboxylic acids is 2. The van der Waals surface area contributed by atoms with Crippen LogP contribution in [0.25, 0.3) is 0 Å². The molecule has 0 spiro atoms. The van der Waals surface area contributed by atoms with E-state index >= 15 is 0 Å². The molecule has 0 aromatic rings. The molecular weight excluding hydrogens is 328 g/mol. The van der Waals surface area contributed by atoms with Gasteiger partial charge < -0.3 is 20.9 Å². The van der Waals surface area contributed by atoms with Gasteiger partial charge in [0.25, 0.3) is 5.91 Å². The number of nitrogens with one attached hydrogen (secondary N) is 1. The molecule has 1 unspecified atom stereocenters. The minimum Gasteiger partial charge on any atom is -0.480 e. The van der Waals surface area contributed by atoms with Crippen molar-refractivity contribution in [2.24, 2.45) is 11.7 Å². The van der Waals surface area contributed by atoms with Gasteiger partial charge in [-0.15, -0.1) is 0 Å². The number of carboxylic acid groups (broad SMARTS) is 1. The summed E-state index contributed by atoms with van der Waals surface area (Å²) in [5.41, 5.74) is 4.25. The van der Waals surface area contributed by atoms with Crippen LogP contribution >= 0.6 is 0 Å². The Balaban J connectivity index is 5.43. The smallest absolute Gasteiger partial charge is 0.414 e. The fourth-order valence-corrected chi connectivity index (χ4v) is 1.69. The van der Waals surface area contributed by atoms with Gasteiger partial charge in [0.15, 0.2) is 0 Å². The topological polar surface area (TPSA) is 146 Å². The van der Waals surface area contributed by atoms with E-state index in [-0.39, 0.29) is 19.0 Å². The molecule has 0 radical (unpaired) electrons. The van der Waals surface area contributed by atoms with Crippen molar-refractivity contribution in [3.8, 4) is 6.07 Å². The van der Waals surface area contributed by atoms with Crippen LogP contribution in [0.2, 0.25) is 0 Å². The van der Waals surface area contributed by atoms with Gasteiger partial charge in [0, 0.05) is 19.3 Å². The van der Waals surface area contributed by atoms with E-state index in [4.69, 9.17) is 15.6 Å². The van der Waals surface area contributed by atoms with Crippen LogP contribution in [-0.2, 0) is 14.3 Å². The fraction of sp³-hybridized carbons (Fsp3) is 0.625. The lowest BCUT2D eigenvalue weighted by Crippen LogP contribution is -2.45. The van der Waals surface area contributed by atoms with E-state index in [1.807, 2.05) is 0 Å². The molecule has 0 saturated carbocycles. The third-order valence-electron chi connectivity index (χ3n) is 2.87. The summed E-state index contributed by atoms with van der Waals surface area (Å²) in [5.74, 6) is -2.49. The van der Waals surface area contributed by atoms with Gasteiger partial charge in [-0.05, 0) is 26.7 Å². The second-order valence-electron chi connectivity index (χ2n) is 6.65. The third kappa shape index (κ3) is 8.17. The first-order chi connectivity index (χ1) is 11.4. The number of hydrogen-bond acceptors (Lipinski definition) is 6. The molecule has 0 bridgehead atoms. The van der Waals surface area contributed by atoms with Crippen LogP contribution in [0.15, 0.2) is 11.8 Å². The first kappa shape index (κ1) is 22.4. The summed E-state index contributed by atoms with van der Waals surface area (Å²) in [6.45, 7) is 8.37. The Morgan fingerprint density at radius 2 is 1.92 bits per heavy atom. The van der Waals surface area contributed by atoms with Crippen molar-refractivity contribution in [2.45, 2.75) is 46.3 Å². The van der Waals surface area contributed by atoms with E-state index in [0.717, 1.165) is 11.1 Å². The number of hydrogen-bond donors (Lipinski definition) is 3. The van der Waals surface area contributed by atoms with E-state index in [2.05, 4.69) is 5.32 Å². The third-order valence-corrected chi connectivity index (χ3v) is 2.87. The Morgan fingerprint density at radius 3 is 2.28 bits per heavy atom. The van der Waals surface area contributed by atoms with E-state index in [9.17, 15) is 19.6 Å². The van der Waals surface area contributed by atoms with Crippen molar-refractivity contribution < 1.29 is 24.2 Å². The van der Waals surface area contributed by atoms with Crippen LogP contribution in [0.3, 0.4) is 0 Å². The molecule has 0 fully saturated rings. The summed E-state index contributed by atoms with van der Waals surface area (Å²) < 4.78 is 5.19. The van der Waals surface area contributed by atoms with E-state index < -0.39 is 35.2 Å². The molecule has 140 valence electrons. The van der Waals surface area contributed by atoms with Crippen molar-refractivity contribution in [2.75, 3.05) is 13.1 Å². The molecule has 0 aromatic carbocycles. The summed E-state index contributed by atoms with van der Waals surface area (Å²) in [6.07, 6.45) is 0.243. The fourth-order valence-electron chi connectivity index (χ4n) is 1.69. The van der Waals surface area contributed by atoms with Crippen LogP contribution in [0, 0.1) is 17.2 Å². The standard InChI is InChI=1S/C16H26N4O5/c1-10(2)12(14(22)23)19-13(21)11(8-18)9-20(7-6-17)15(24)25-16(3,4)5/h9-10,12H,6-7,17H2,1-5H3,(H,19,21)(H,22,23)/b11-9-. The summed E-state index contributed by atoms with van der Waals surface area (Å²) >= 11 is 0. The maximum Gasteiger partial charge on any atom is 0.414 e. The summed E-state index contributed by atoms with van der Waals surface area (Å²) in [4.78, 5) is 36.5. The van der Waals surface area contributed by atoms with Gasteiger partial charge >= 0.3 is 12.1 Å². The maximum absolute atomic E-state index is 12.2. The minimum atomic E-state index is -1.22. The number of ether oxygens (including phenoxy) is 1. The summed E-state index contributed by atoms with van der Waals surface area (Å²) in [5, 5.41) is 20.6. The van der Waals surface area contributed by atoms with Crippen LogP contribution in [0.1, 0.15) is 34.6 Å². The number of nitrogens with two attached hydrogens (primary N) is 1. The monoisotopic (exact) mass is 354 g/mol. The van der Waals surface area contributed by atoms with Crippen LogP contribution in [0.5, 0.6) is 0 Å². The molecule has 1 atom stereocenters. The first-order valence-electron chi connectivity index (χ1n) is 7.78. The average molecular weight is 354 g/mol. The van der Waals surface area contributed by atoms with E-state index in [1.54, 1.807) is 40.7 Å². The second-order valence-corrected chi connectivity index (χ2v) is 6.65. The Hall–Kier alpha value is -2.60. The zero-order valence-corrected chi connectivity index (χ0v) is 15.2. The summed E-state index contributed by atoms with van der Waals surface area (Å²) in [7, 11) is 0. The van der Waals surface area contributed by atoms with E-state index in [1.165, 1.54) is 0 Å². The van der Waals surface area contributed by atoms with Crippen molar-refractivity contribution in [1.82, 2.24) is 10.2 Å². The molecule has 0 rings (SSSR count). The molecule has 0 aromatic heterocycles. The van der Waals surface area contributed by atoms with Crippen molar-refractivity contribution >= 4 is 18.0 Å². The molecule has 4 N–H and O–H groups in total. The molecule has 0 aliphatic heterocycles. The molecule has 25 heavy (non-hydrogen) atoms. The number of carbonyl (C=O) groups is 3. The molecule has 0 saturated heterocycles. The number of carboxylic acids is 1. The van der Waals surface area contributed by atoms with Crippen LogP contribution < -0.4 is 11.1 Å². The predicted molar refractivity (Wildman–Crippen MR) is 90.1 cm³/mol. The largest absolute Gasteiger partial charge is 0.480 e. The van der Waals surface area contributed by atoms with Crippen molar-refractivity contribution in [1.29, 1.82) is 5.26 Å². The Labute approximate surface area is 147 Å². The van der Waals surface area contributed by atoms with E-state index in [0.29, 0.717) is 0 Å². The SMILES string of the molecule is CC(C)C(NC(=O)/C(C#N)=C\N(CCN)C(=O)OC(C)(C)C)C(=O)O. The predicted octanol–water partition coefficient (Wildman–Crippen LogP) is 0.815. The molecule has 2 amide bonds. The Kier molecular flexibility index (Phi) is 8.63. The molecule has 9 nitrogen and oxygen atoms in total. The zero-order chi connectivity index (χ0) is 19.8. The molecule has 0 aliphatic carbocycles. The number of nitriles is 1. The van der Waals surface area contributed by atoms with Crippen LogP contribution in [-0.4, -0.2) is 52.7 Å². The Morgan fingerprint density at radius 1 is 1.36 bits per heavy atom. The highest BCUT2D eigenvalue weighted by Crippen LogP contribution is 2.11.